The Hall–Kier alpha value is -1.78. The number of nitrogens with one attached hydrogen (secondary N) is 1. The molecular formula is C19H32N6O3S. The minimum Gasteiger partial charge on any atom is -0.373 e. The number of amides is 1. The summed E-state index contributed by atoms with van der Waals surface area (Å²) in [7, 11) is -1.73. The average Bonchev–Trinajstić information content (AvgIpc) is 2.73. The Kier molecular flexibility index (Phi) is 6.75. The maximum absolute atomic E-state index is 12.9. The van der Waals surface area contributed by atoms with Crippen LogP contribution in [0, 0.1) is 0 Å². The predicted molar refractivity (Wildman–Crippen MR) is 112 cm³/mol. The molecular weight excluding hydrogens is 392 g/mol. The molecule has 0 radical (unpaired) electrons. The number of carbonyl (C=O) groups is 1. The van der Waals surface area contributed by atoms with E-state index in [1.807, 2.05) is 18.7 Å². The van der Waals surface area contributed by atoms with E-state index in [4.69, 9.17) is 9.97 Å². The molecule has 29 heavy (non-hydrogen) atoms. The molecule has 0 spiro atoms. The third kappa shape index (κ3) is 4.24. The minimum absolute atomic E-state index is 0.0403. The van der Waals surface area contributed by atoms with Crippen molar-refractivity contribution in [2.45, 2.75) is 59.0 Å². The van der Waals surface area contributed by atoms with Gasteiger partial charge in [0.2, 0.25) is 5.91 Å². The van der Waals surface area contributed by atoms with Crippen molar-refractivity contribution in [3.63, 3.8) is 0 Å². The van der Waals surface area contributed by atoms with E-state index in [0.29, 0.717) is 37.7 Å². The number of nitrogens with zero attached hydrogens (tertiary/aromatic N) is 5. The van der Waals surface area contributed by atoms with E-state index < -0.39 is 10.2 Å². The van der Waals surface area contributed by atoms with E-state index in [2.05, 4.69) is 5.32 Å². The molecule has 3 rings (SSSR count). The highest BCUT2D eigenvalue weighted by Crippen LogP contribution is 2.33. The average molecular weight is 425 g/mol. The summed E-state index contributed by atoms with van der Waals surface area (Å²) in [6.45, 7) is 7.55. The van der Waals surface area contributed by atoms with Gasteiger partial charge in [0.15, 0.2) is 5.82 Å². The van der Waals surface area contributed by atoms with Crippen LogP contribution in [0.2, 0.25) is 0 Å². The fourth-order valence-corrected chi connectivity index (χ4v) is 5.84. The van der Waals surface area contributed by atoms with Crippen LogP contribution in [0.15, 0.2) is 0 Å². The van der Waals surface area contributed by atoms with Crippen molar-refractivity contribution in [3.8, 4) is 0 Å². The normalized spacial score (nSPS) is 20.6. The Balaban J connectivity index is 1.93. The number of hydrogen-bond acceptors (Lipinski definition) is 6. The van der Waals surface area contributed by atoms with Crippen molar-refractivity contribution in [2.75, 3.05) is 38.5 Å². The maximum atomic E-state index is 12.9. The zero-order valence-electron chi connectivity index (χ0n) is 17.8. The van der Waals surface area contributed by atoms with Crippen LogP contribution in [0.3, 0.4) is 0 Å². The van der Waals surface area contributed by atoms with E-state index >= 15 is 0 Å². The zero-order valence-corrected chi connectivity index (χ0v) is 18.6. The Morgan fingerprint density at radius 1 is 1.21 bits per heavy atom. The van der Waals surface area contributed by atoms with E-state index in [1.165, 1.54) is 8.61 Å². The van der Waals surface area contributed by atoms with Gasteiger partial charge in [0.1, 0.15) is 5.82 Å². The van der Waals surface area contributed by atoms with Gasteiger partial charge in [-0.2, -0.15) is 17.0 Å². The second-order valence-corrected chi connectivity index (χ2v) is 9.43. The number of fused-ring (bicyclic) bond motifs is 1. The minimum atomic E-state index is -3.51. The molecule has 1 fully saturated rings. The first-order chi connectivity index (χ1) is 13.8. The van der Waals surface area contributed by atoms with Crippen molar-refractivity contribution in [1.29, 1.82) is 0 Å². The van der Waals surface area contributed by atoms with Crippen LogP contribution in [0.5, 0.6) is 0 Å². The van der Waals surface area contributed by atoms with Crippen molar-refractivity contribution in [1.82, 2.24) is 23.5 Å². The first-order valence-corrected chi connectivity index (χ1v) is 11.8. The molecule has 9 nitrogen and oxygen atoms in total. The van der Waals surface area contributed by atoms with Crippen molar-refractivity contribution in [2.24, 2.45) is 0 Å². The van der Waals surface area contributed by atoms with E-state index in [1.54, 1.807) is 14.0 Å². The van der Waals surface area contributed by atoms with Gasteiger partial charge in [0.25, 0.3) is 10.2 Å². The Morgan fingerprint density at radius 2 is 1.93 bits per heavy atom. The van der Waals surface area contributed by atoms with E-state index in [-0.39, 0.29) is 18.5 Å². The van der Waals surface area contributed by atoms with Crippen LogP contribution in [0.1, 0.15) is 63.2 Å². The number of piperidine rings is 1. The number of anilines is 1. The fraction of sp³-hybridized carbons (Fsp3) is 0.737. The van der Waals surface area contributed by atoms with Gasteiger partial charge in [0, 0.05) is 58.7 Å². The Labute approximate surface area is 173 Å². The largest absolute Gasteiger partial charge is 0.373 e. The molecule has 0 bridgehead atoms. The molecule has 162 valence electrons. The summed E-state index contributed by atoms with van der Waals surface area (Å²) >= 11 is 0. The van der Waals surface area contributed by atoms with Crippen molar-refractivity contribution < 1.29 is 13.2 Å². The molecule has 1 aromatic heterocycles. The highest BCUT2D eigenvalue weighted by atomic mass is 32.2. The van der Waals surface area contributed by atoms with Gasteiger partial charge in [-0.25, -0.2) is 9.97 Å². The smallest absolute Gasteiger partial charge is 0.282 e. The second kappa shape index (κ2) is 8.93. The highest BCUT2D eigenvalue weighted by molar-refractivity contribution is 7.86. The lowest BCUT2D eigenvalue weighted by Gasteiger charge is -2.36. The lowest BCUT2D eigenvalue weighted by atomic mass is 10.00. The van der Waals surface area contributed by atoms with Gasteiger partial charge >= 0.3 is 0 Å². The van der Waals surface area contributed by atoms with Gasteiger partial charge in [-0.1, -0.05) is 13.8 Å². The molecule has 0 aromatic carbocycles. The molecule has 1 amide bonds. The third-order valence-corrected chi connectivity index (χ3v) is 7.98. The molecule has 1 atom stereocenters. The topological polar surface area (TPSA) is 98.7 Å². The summed E-state index contributed by atoms with van der Waals surface area (Å²) < 4.78 is 28.9. The molecule has 0 aliphatic carbocycles. The summed E-state index contributed by atoms with van der Waals surface area (Å²) in [5.74, 6) is 1.35. The lowest BCUT2D eigenvalue weighted by molar-refractivity contribution is -0.132. The molecule has 10 heteroatoms. The second-order valence-electron chi connectivity index (χ2n) is 7.51. The van der Waals surface area contributed by atoms with Crippen LogP contribution in [-0.4, -0.2) is 71.0 Å². The molecule has 1 aromatic rings. The van der Waals surface area contributed by atoms with Crippen LogP contribution in [-0.2, 0) is 28.0 Å². The Bertz CT molecular complexity index is 838. The molecule has 3 heterocycles. The quantitative estimate of drug-likeness (QED) is 0.744. The maximum Gasteiger partial charge on any atom is 0.282 e. The first-order valence-electron chi connectivity index (χ1n) is 10.4. The summed E-state index contributed by atoms with van der Waals surface area (Å²) in [6, 6.07) is -0.115. The van der Waals surface area contributed by atoms with E-state index in [0.717, 1.165) is 37.1 Å². The third-order valence-electron chi connectivity index (χ3n) is 5.84. The van der Waals surface area contributed by atoms with Crippen LogP contribution in [0.4, 0.5) is 5.82 Å². The number of aromatic nitrogens is 2. The standard InChI is InChI=1S/C19H32N6O3S/c1-5-23(6-2)29(27,28)24-12-10-16-15(13-24)18(20-4)22-19(21-16)17-9-7-8-11-25(17)14(3)26/h17H,5-13H2,1-4H3,(H,20,21,22)/t17-/m1/s1. The number of likely N-dealkylation sites (tertiary alicyclic amines) is 1. The van der Waals surface area contributed by atoms with Crippen LogP contribution < -0.4 is 5.32 Å². The van der Waals surface area contributed by atoms with Gasteiger partial charge in [0.05, 0.1) is 11.7 Å². The summed E-state index contributed by atoms with van der Waals surface area (Å²) in [5, 5.41) is 3.12. The summed E-state index contributed by atoms with van der Waals surface area (Å²) in [4.78, 5) is 23.4. The number of rotatable bonds is 6. The Morgan fingerprint density at radius 3 is 2.55 bits per heavy atom. The SMILES string of the molecule is CCN(CC)S(=O)(=O)N1CCc2nc([C@H]3CCCCN3C(C)=O)nc(NC)c2C1. The van der Waals surface area contributed by atoms with Gasteiger partial charge < -0.3 is 10.2 Å². The summed E-state index contributed by atoms with van der Waals surface area (Å²) in [5.41, 5.74) is 1.70. The van der Waals surface area contributed by atoms with Gasteiger partial charge in [-0.3, -0.25) is 4.79 Å². The number of hydrogen-bond donors (Lipinski definition) is 1. The van der Waals surface area contributed by atoms with Crippen LogP contribution in [0.25, 0.3) is 0 Å². The predicted octanol–water partition coefficient (Wildman–Crippen LogP) is 1.54. The van der Waals surface area contributed by atoms with Crippen LogP contribution >= 0.6 is 0 Å². The van der Waals surface area contributed by atoms with Gasteiger partial charge in [-0.05, 0) is 19.3 Å². The first kappa shape index (κ1) is 21.9. The van der Waals surface area contributed by atoms with Gasteiger partial charge in [-0.15, -0.1) is 0 Å². The van der Waals surface area contributed by atoms with E-state index in [9.17, 15) is 13.2 Å². The number of carbonyl (C=O) groups excluding carboxylic acids is 1. The molecule has 1 saturated heterocycles. The monoisotopic (exact) mass is 424 g/mol. The molecule has 0 saturated carbocycles. The van der Waals surface area contributed by atoms with Crippen molar-refractivity contribution >= 4 is 21.9 Å². The fourth-order valence-electron chi connectivity index (χ4n) is 4.25. The summed E-state index contributed by atoms with van der Waals surface area (Å²) in [6.07, 6.45) is 3.43. The molecule has 1 N–H and O–H groups in total. The molecule has 2 aliphatic heterocycles. The lowest BCUT2D eigenvalue weighted by Crippen LogP contribution is -2.46. The highest BCUT2D eigenvalue weighted by Gasteiger charge is 2.35. The van der Waals surface area contributed by atoms with Crippen molar-refractivity contribution in [3.05, 3.63) is 17.1 Å². The zero-order chi connectivity index (χ0) is 21.2. The molecule has 0 unspecified atom stereocenters. The molecule has 2 aliphatic rings.